The first-order valence-corrected chi connectivity index (χ1v) is 6.32. The second-order valence-electron chi connectivity index (χ2n) is 4.55. The minimum absolute atomic E-state index is 0.0350. The summed E-state index contributed by atoms with van der Waals surface area (Å²) in [5.41, 5.74) is 1.39. The van der Waals surface area contributed by atoms with Gasteiger partial charge in [0.2, 0.25) is 0 Å². The van der Waals surface area contributed by atoms with E-state index < -0.39 is 0 Å². The summed E-state index contributed by atoms with van der Waals surface area (Å²) in [6.07, 6.45) is 1.28. The van der Waals surface area contributed by atoms with E-state index in [0.29, 0.717) is 16.6 Å². The Hall–Kier alpha value is -3.08. The summed E-state index contributed by atoms with van der Waals surface area (Å²) in [4.78, 5) is 18.9. The third kappa shape index (κ3) is 2.62. The maximum absolute atomic E-state index is 11.9. The number of hydrogen-bond donors (Lipinski definition) is 3. The van der Waals surface area contributed by atoms with Gasteiger partial charge >= 0.3 is 0 Å². The first-order chi connectivity index (χ1) is 10.1. The summed E-state index contributed by atoms with van der Waals surface area (Å²) >= 11 is 0. The maximum Gasteiger partial charge on any atom is 0.274 e. The number of aromatic hydroxyl groups is 1. The molecule has 0 aliphatic heterocycles. The molecule has 0 fully saturated rings. The largest absolute Gasteiger partial charge is 0.508 e. The normalized spacial score (nSPS) is 11.7. The molecule has 1 aromatic heterocycles. The first-order valence-electron chi connectivity index (χ1n) is 6.32. The Bertz CT molecular complexity index is 897. The highest BCUT2D eigenvalue weighted by molar-refractivity contribution is 5.79. The summed E-state index contributed by atoms with van der Waals surface area (Å²) < 4.78 is 0. The van der Waals surface area contributed by atoms with Gasteiger partial charge in [-0.3, -0.25) is 4.79 Å². The van der Waals surface area contributed by atoms with Gasteiger partial charge in [-0.15, -0.1) is 0 Å². The Balaban J connectivity index is 2.10. The Labute approximate surface area is 119 Å². The van der Waals surface area contributed by atoms with Crippen molar-refractivity contribution in [2.24, 2.45) is 0 Å². The van der Waals surface area contributed by atoms with Crippen LogP contribution < -0.4 is 5.56 Å². The van der Waals surface area contributed by atoms with Crippen molar-refractivity contribution in [1.29, 1.82) is 0 Å². The molecule has 5 nitrogen and oxygen atoms in total. The maximum atomic E-state index is 11.9. The Morgan fingerprint density at radius 3 is 2.76 bits per heavy atom. The highest BCUT2D eigenvalue weighted by Crippen LogP contribution is 2.18. The molecular weight excluding hydrogens is 268 g/mol. The van der Waals surface area contributed by atoms with E-state index in [1.807, 2.05) is 6.07 Å². The number of nitrogens with zero attached hydrogens (tertiary/aromatic N) is 1. The lowest BCUT2D eigenvalue weighted by Gasteiger charge is -2.02. The Morgan fingerprint density at radius 1 is 1.14 bits per heavy atom. The molecule has 0 radical (unpaired) electrons. The smallest absolute Gasteiger partial charge is 0.274 e. The van der Waals surface area contributed by atoms with E-state index in [1.54, 1.807) is 30.3 Å². The van der Waals surface area contributed by atoms with Crippen LogP contribution in [0.2, 0.25) is 0 Å². The molecule has 0 saturated heterocycles. The number of aliphatic hydroxyl groups excluding tert-OH is 1. The summed E-state index contributed by atoms with van der Waals surface area (Å²) in [6.45, 7) is 0. The lowest BCUT2D eigenvalue weighted by atomic mass is 10.1. The van der Waals surface area contributed by atoms with Gasteiger partial charge in [0.25, 0.3) is 5.56 Å². The molecule has 0 saturated carbocycles. The van der Waals surface area contributed by atoms with Crippen LogP contribution in [0, 0.1) is 0 Å². The molecule has 104 valence electrons. The summed E-state index contributed by atoms with van der Waals surface area (Å²) in [5, 5.41) is 19.5. The van der Waals surface area contributed by atoms with E-state index in [0.717, 1.165) is 0 Å². The van der Waals surface area contributed by atoms with Crippen molar-refractivity contribution in [2.45, 2.75) is 0 Å². The molecular formula is C16H12N2O3. The van der Waals surface area contributed by atoms with Crippen LogP contribution >= 0.6 is 0 Å². The van der Waals surface area contributed by atoms with Crippen LogP contribution in [0.1, 0.15) is 11.3 Å². The molecule has 0 aliphatic carbocycles. The number of benzene rings is 2. The second-order valence-corrected chi connectivity index (χ2v) is 4.55. The predicted molar refractivity (Wildman–Crippen MR) is 81.0 cm³/mol. The van der Waals surface area contributed by atoms with E-state index in [2.05, 4.69) is 9.97 Å². The molecule has 0 amide bonds. The molecule has 0 aliphatic rings. The zero-order valence-electron chi connectivity index (χ0n) is 10.9. The number of aromatic amines is 1. The van der Waals surface area contributed by atoms with Crippen molar-refractivity contribution in [3.05, 3.63) is 70.1 Å². The van der Waals surface area contributed by atoms with Crippen molar-refractivity contribution in [2.75, 3.05) is 0 Å². The number of rotatable bonds is 2. The van der Waals surface area contributed by atoms with E-state index in [-0.39, 0.29) is 22.8 Å². The Kier molecular flexibility index (Phi) is 3.16. The summed E-state index contributed by atoms with van der Waals surface area (Å²) in [5.74, 6) is -0.105. The standard InChI is InChI=1S/C16H12N2O3/c19-11-5-3-4-10(8-11)15(20)9-14-16(21)18-13-7-2-1-6-12(13)17-14/h1-9,19-20H,(H,18,21)/b15-9-. The molecule has 3 N–H and O–H groups in total. The third-order valence-electron chi connectivity index (χ3n) is 3.04. The zero-order valence-corrected chi connectivity index (χ0v) is 10.9. The van der Waals surface area contributed by atoms with Crippen LogP contribution in [0.3, 0.4) is 0 Å². The molecule has 3 aromatic rings. The van der Waals surface area contributed by atoms with Crippen LogP contribution in [-0.2, 0) is 0 Å². The van der Waals surface area contributed by atoms with Gasteiger partial charge in [-0.05, 0) is 24.3 Å². The van der Waals surface area contributed by atoms with Crippen molar-refractivity contribution >= 4 is 22.9 Å². The van der Waals surface area contributed by atoms with Crippen LogP contribution in [-0.4, -0.2) is 20.2 Å². The van der Waals surface area contributed by atoms with Gasteiger partial charge < -0.3 is 15.2 Å². The SMILES string of the molecule is O=c1[nH]c2ccccc2nc1/C=C(\O)c1cccc(O)c1. The fourth-order valence-electron chi connectivity index (χ4n) is 2.02. The highest BCUT2D eigenvalue weighted by atomic mass is 16.3. The van der Waals surface area contributed by atoms with E-state index in [4.69, 9.17) is 0 Å². The van der Waals surface area contributed by atoms with Gasteiger partial charge in [0.15, 0.2) is 0 Å². The van der Waals surface area contributed by atoms with Crippen molar-refractivity contribution in [3.63, 3.8) is 0 Å². The van der Waals surface area contributed by atoms with Crippen molar-refractivity contribution in [3.8, 4) is 5.75 Å². The van der Waals surface area contributed by atoms with Gasteiger partial charge in [0, 0.05) is 11.6 Å². The number of hydrogen-bond acceptors (Lipinski definition) is 4. The molecule has 0 unspecified atom stereocenters. The zero-order chi connectivity index (χ0) is 14.8. The van der Waals surface area contributed by atoms with Crippen LogP contribution in [0.25, 0.3) is 22.9 Å². The predicted octanol–water partition coefficient (Wildman–Crippen LogP) is 2.68. The number of para-hydroxylation sites is 2. The fraction of sp³-hybridized carbons (Fsp3) is 0. The second kappa shape index (κ2) is 5.13. The topological polar surface area (TPSA) is 86.2 Å². The third-order valence-corrected chi connectivity index (χ3v) is 3.04. The number of nitrogens with one attached hydrogen (secondary N) is 1. The number of phenols is 1. The van der Waals surface area contributed by atoms with Crippen LogP contribution in [0.5, 0.6) is 5.75 Å². The van der Waals surface area contributed by atoms with E-state index in [9.17, 15) is 15.0 Å². The minimum Gasteiger partial charge on any atom is -0.508 e. The van der Waals surface area contributed by atoms with Crippen LogP contribution in [0.15, 0.2) is 53.3 Å². The van der Waals surface area contributed by atoms with Crippen LogP contribution in [0.4, 0.5) is 0 Å². The number of aliphatic hydroxyl groups is 1. The number of fused-ring (bicyclic) bond motifs is 1. The minimum atomic E-state index is -0.389. The monoisotopic (exact) mass is 280 g/mol. The van der Waals surface area contributed by atoms with Crippen molar-refractivity contribution < 1.29 is 10.2 Å². The summed E-state index contributed by atoms with van der Waals surface area (Å²) in [6, 6.07) is 13.3. The van der Waals surface area contributed by atoms with Gasteiger partial charge in [0.1, 0.15) is 17.2 Å². The molecule has 5 heteroatoms. The fourth-order valence-corrected chi connectivity index (χ4v) is 2.02. The molecule has 2 aromatic carbocycles. The molecule has 1 heterocycles. The molecule has 0 spiro atoms. The average Bonchev–Trinajstić information content (AvgIpc) is 2.48. The highest BCUT2D eigenvalue weighted by Gasteiger charge is 2.06. The van der Waals surface area contributed by atoms with Gasteiger partial charge in [-0.2, -0.15) is 0 Å². The first kappa shape index (κ1) is 12.9. The Morgan fingerprint density at radius 2 is 1.95 bits per heavy atom. The quantitative estimate of drug-likeness (QED) is 0.630. The van der Waals surface area contributed by atoms with E-state index >= 15 is 0 Å². The van der Waals surface area contributed by atoms with Crippen molar-refractivity contribution in [1.82, 2.24) is 9.97 Å². The van der Waals surface area contributed by atoms with E-state index in [1.165, 1.54) is 18.2 Å². The number of aromatic nitrogens is 2. The molecule has 0 atom stereocenters. The van der Waals surface area contributed by atoms with Gasteiger partial charge in [-0.25, -0.2) is 4.98 Å². The van der Waals surface area contributed by atoms with Gasteiger partial charge in [-0.1, -0.05) is 24.3 Å². The summed E-state index contributed by atoms with van der Waals surface area (Å²) in [7, 11) is 0. The van der Waals surface area contributed by atoms with Gasteiger partial charge in [0.05, 0.1) is 11.0 Å². The number of phenolic OH excluding ortho intramolecular Hbond substituents is 1. The molecule has 21 heavy (non-hydrogen) atoms. The average molecular weight is 280 g/mol. The molecule has 3 rings (SSSR count). The number of H-pyrrole nitrogens is 1. The lowest BCUT2D eigenvalue weighted by Crippen LogP contribution is -2.12. The lowest BCUT2D eigenvalue weighted by molar-refractivity contribution is 0.473. The molecule has 0 bridgehead atoms.